The summed E-state index contributed by atoms with van der Waals surface area (Å²) in [6.45, 7) is -0.0711. The van der Waals surface area contributed by atoms with Crippen LogP contribution in [0, 0.1) is 11.3 Å². The van der Waals surface area contributed by atoms with Crippen molar-refractivity contribution in [3.05, 3.63) is 92.9 Å². The van der Waals surface area contributed by atoms with E-state index in [4.69, 9.17) is 11.6 Å². The molecule has 0 N–H and O–H groups in total. The maximum atomic E-state index is 12.9. The largest absolute Gasteiger partial charge is 0.416 e. The second kappa shape index (κ2) is 7.29. The Morgan fingerprint density at radius 2 is 1.78 bits per heavy atom. The smallest absolute Gasteiger partial charge is 0.310 e. The van der Waals surface area contributed by atoms with E-state index in [1.54, 1.807) is 30.3 Å². The molecule has 0 spiro atoms. The maximum Gasteiger partial charge on any atom is 0.416 e. The van der Waals surface area contributed by atoms with Gasteiger partial charge in [0.1, 0.15) is 11.6 Å². The van der Waals surface area contributed by atoms with Crippen molar-refractivity contribution in [3.63, 3.8) is 0 Å². The Morgan fingerprint density at radius 3 is 2.41 bits per heavy atom. The number of hydrogen-bond donors (Lipinski definition) is 0. The van der Waals surface area contributed by atoms with Gasteiger partial charge in [0.25, 0.3) is 5.56 Å². The van der Waals surface area contributed by atoms with Crippen molar-refractivity contribution in [1.82, 2.24) is 4.57 Å². The Morgan fingerprint density at radius 1 is 1.07 bits per heavy atom. The molecule has 136 valence electrons. The van der Waals surface area contributed by atoms with Gasteiger partial charge < -0.3 is 4.57 Å². The molecular formula is C20H12ClF3N2O. The molecule has 0 aliphatic rings. The second-order valence-electron chi connectivity index (χ2n) is 5.85. The van der Waals surface area contributed by atoms with Crippen molar-refractivity contribution in [2.75, 3.05) is 0 Å². The van der Waals surface area contributed by atoms with Gasteiger partial charge in [-0.25, -0.2) is 0 Å². The molecule has 27 heavy (non-hydrogen) atoms. The third-order valence-electron chi connectivity index (χ3n) is 4.04. The molecule has 0 fully saturated rings. The molecule has 0 aliphatic carbocycles. The van der Waals surface area contributed by atoms with Gasteiger partial charge in [0.2, 0.25) is 0 Å². The highest BCUT2D eigenvalue weighted by molar-refractivity contribution is 6.30. The van der Waals surface area contributed by atoms with Gasteiger partial charge in [-0.2, -0.15) is 18.4 Å². The van der Waals surface area contributed by atoms with Crippen LogP contribution in [0.25, 0.3) is 11.1 Å². The summed E-state index contributed by atoms with van der Waals surface area (Å²) in [5.41, 5.74) is -0.0192. The van der Waals surface area contributed by atoms with E-state index in [1.165, 1.54) is 22.9 Å². The average Bonchev–Trinajstić information content (AvgIpc) is 2.63. The molecule has 0 saturated carbocycles. The number of pyridine rings is 1. The van der Waals surface area contributed by atoms with Gasteiger partial charge in [-0.3, -0.25) is 4.79 Å². The van der Waals surface area contributed by atoms with Crippen LogP contribution in [-0.4, -0.2) is 4.57 Å². The normalized spacial score (nSPS) is 11.2. The summed E-state index contributed by atoms with van der Waals surface area (Å²) in [7, 11) is 0. The van der Waals surface area contributed by atoms with Crippen molar-refractivity contribution in [3.8, 4) is 17.2 Å². The van der Waals surface area contributed by atoms with Gasteiger partial charge in [0.15, 0.2) is 0 Å². The van der Waals surface area contributed by atoms with Crippen LogP contribution >= 0.6 is 11.6 Å². The zero-order valence-corrected chi connectivity index (χ0v) is 14.6. The molecule has 7 heteroatoms. The van der Waals surface area contributed by atoms with E-state index in [2.05, 4.69) is 0 Å². The Labute approximate surface area is 157 Å². The van der Waals surface area contributed by atoms with E-state index >= 15 is 0 Å². The highest BCUT2D eigenvalue weighted by atomic mass is 35.5. The van der Waals surface area contributed by atoms with Crippen LogP contribution < -0.4 is 5.56 Å². The highest BCUT2D eigenvalue weighted by Crippen LogP contribution is 2.29. The van der Waals surface area contributed by atoms with Gasteiger partial charge in [-0.05, 0) is 41.5 Å². The van der Waals surface area contributed by atoms with Crippen LogP contribution in [0.4, 0.5) is 13.2 Å². The topological polar surface area (TPSA) is 45.8 Å². The van der Waals surface area contributed by atoms with Crippen LogP contribution in [0.1, 0.15) is 16.7 Å². The first-order valence-corrected chi connectivity index (χ1v) is 8.23. The molecule has 3 aromatic rings. The number of aromatic nitrogens is 1. The van der Waals surface area contributed by atoms with Crippen molar-refractivity contribution >= 4 is 11.6 Å². The summed E-state index contributed by atoms with van der Waals surface area (Å²) in [5.74, 6) is 0. The summed E-state index contributed by atoms with van der Waals surface area (Å²) in [5, 5.41) is 9.94. The Balaban J connectivity index is 2.00. The lowest BCUT2D eigenvalue weighted by atomic mass is 10.0. The summed E-state index contributed by atoms with van der Waals surface area (Å²) in [6.07, 6.45) is -3.00. The minimum atomic E-state index is -4.46. The number of nitriles is 1. The molecule has 0 saturated heterocycles. The van der Waals surface area contributed by atoms with E-state index in [0.29, 0.717) is 21.7 Å². The number of halogens is 4. The number of benzene rings is 2. The summed E-state index contributed by atoms with van der Waals surface area (Å²) >= 11 is 5.85. The number of alkyl halides is 3. The quantitative estimate of drug-likeness (QED) is 0.626. The fraction of sp³-hybridized carbons (Fsp3) is 0.100. The van der Waals surface area contributed by atoms with Crippen LogP contribution in [0.15, 0.2) is 65.6 Å². The van der Waals surface area contributed by atoms with E-state index < -0.39 is 17.3 Å². The SMILES string of the molecule is N#Cc1c(-c2ccc(Cl)cc2)ccn(Cc2cccc(C(F)(F)F)c2)c1=O. The first kappa shape index (κ1) is 18.7. The summed E-state index contributed by atoms with van der Waals surface area (Å²) < 4.78 is 39.8. The van der Waals surface area contributed by atoms with Gasteiger partial charge in [0.05, 0.1) is 12.1 Å². The number of hydrogen-bond acceptors (Lipinski definition) is 2. The van der Waals surface area contributed by atoms with Gasteiger partial charge in [-0.15, -0.1) is 0 Å². The van der Waals surface area contributed by atoms with Crippen molar-refractivity contribution in [2.45, 2.75) is 12.7 Å². The summed E-state index contributed by atoms with van der Waals surface area (Å²) in [6, 6.07) is 14.9. The fourth-order valence-corrected chi connectivity index (χ4v) is 2.85. The predicted molar refractivity (Wildman–Crippen MR) is 96.4 cm³/mol. The molecule has 0 amide bonds. The molecule has 3 rings (SSSR count). The molecule has 1 aromatic heterocycles. The first-order chi connectivity index (χ1) is 12.8. The molecule has 1 heterocycles. The zero-order valence-electron chi connectivity index (χ0n) is 13.8. The van der Waals surface area contributed by atoms with Crippen molar-refractivity contribution in [1.29, 1.82) is 5.26 Å². The molecule has 3 nitrogen and oxygen atoms in total. The number of rotatable bonds is 3. The van der Waals surface area contributed by atoms with Crippen molar-refractivity contribution < 1.29 is 13.2 Å². The van der Waals surface area contributed by atoms with Gasteiger partial charge in [0, 0.05) is 16.8 Å². The lowest BCUT2D eigenvalue weighted by Gasteiger charge is -2.12. The van der Waals surface area contributed by atoms with E-state index in [-0.39, 0.29) is 12.1 Å². The third kappa shape index (κ3) is 4.04. The van der Waals surface area contributed by atoms with Gasteiger partial charge in [-0.1, -0.05) is 35.9 Å². The van der Waals surface area contributed by atoms with Crippen LogP contribution in [0.5, 0.6) is 0 Å². The third-order valence-corrected chi connectivity index (χ3v) is 4.29. The molecule has 0 bridgehead atoms. The van der Waals surface area contributed by atoms with Crippen molar-refractivity contribution in [2.24, 2.45) is 0 Å². The molecule has 0 radical (unpaired) electrons. The monoisotopic (exact) mass is 388 g/mol. The zero-order chi connectivity index (χ0) is 19.6. The average molecular weight is 389 g/mol. The molecule has 2 aromatic carbocycles. The number of nitrogens with zero attached hydrogens (tertiary/aromatic N) is 2. The van der Waals surface area contributed by atoms with Crippen LogP contribution in [0.2, 0.25) is 5.02 Å². The predicted octanol–water partition coefficient (Wildman–Crippen LogP) is 5.11. The second-order valence-corrected chi connectivity index (χ2v) is 6.29. The highest BCUT2D eigenvalue weighted by Gasteiger charge is 2.30. The van der Waals surface area contributed by atoms with Crippen LogP contribution in [0.3, 0.4) is 0 Å². The maximum absolute atomic E-state index is 12.9. The Bertz CT molecular complexity index is 1080. The molecule has 0 aliphatic heterocycles. The van der Waals surface area contributed by atoms with E-state index in [0.717, 1.165) is 12.1 Å². The molecule has 0 atom stereocenters. The minimum Gasteiger partial charge on any atom is -0.310 e. The fourth-order valence-electron chi connectivity index (χ4n) is 2.72. The first-order valence-electron chi connectivity index (χ1n) is 7.85. The van der Waals surface area contributed by atoms with Gasteiger partial charge >= 0.3 is 6.18 Å². The standard InChI is InChI=1S/C20H12ClF3N2O/c21-16-6-4-14(5-7-16)17-8-9-26(19(27)18(17)11-25)12-13-2-1-3-15(10-13)20(22,23)24/h1-10H,12H2. The minimum absolute atomic E-state index is 0.0711. The lowest BCUT2D eigenvalue weighted by Crippen LogP contribution is -2.23. The lowest BCUT2D eigenvalue weighted by molar-refractivity contribution is -0.137. The summed E-state index contributed by atoms with van der Waals surface area (Å²) in [4.78, 5) is 12.6. The van der Waals surface area contributed by atoms with Crippen LogP contribution in [-0.2, 0) is 12.7 Å². The molecule has 0 unspecified atom stereocenters. The Hall–Kier alpha value is -3.04. The Kier molecular flexibility index (Phi) is 5.06. The van der Waals surface area contributed by atoms with E-state index in [9.17, 15) is 23.2 Å². The van der Waals surface area contributed by atoms with E-state index in [1.807, 2.05) is 6.07 Å². The molecular weight excluding hydrogens is 377 g/mol.